The van der Waals surface area contributed by atoms with Crippen molar-refractivity contribution in [1.82, 2.24) is 4.90 Å². The summed E-state index contributed by atoms with van der Waals surface area (Å²) >= 11 is 0. The highest BCUT2D eigenvalue weighted by Crippen LogP contribution is 2.22. The molecule has 1 aromatic carbocycles. The average molecular weight is 252 g/mol. The van der Waals surface area contributed by atoms with Gasteiger partial charge in [0.15, 0.2) is 0 Å². The molecule has 0 fully saturated rings. The molecule has 0 saturated heterocycles. The molecular formula is C11H16N4O3. The number of nitrogens with one attached hydrogen (secondary N) is 1. The Balaban J connectivity index is 2.91. The van der Waals surface area contributed by atoms with E-state index in [4.69, 9.17) is 5.73 Å². The van der Waals surface area contributed by atoms with E-state index < -0.39 is 11.0 Å². The standard InChI is InChI=1S/C11H16N4O3/c1-7(11(16)14(2)3)13-9-4-8(12)5-10(6-9)15(17)18/h4-7,13H,12H2,1-3H3. The van der Waals surface area contributed by atoms with Crippen LogP contribution in [0.4, 0.5) is 17.1 Å². The highest BCUT2D eigenvalue weighted by Gasteiger charge is 2.16. The zero-order chi connectivity index (χ0) is 13.9. The van der Waals surface area contributed by atoms with Crippen molar-refractivity contribution in [2.45, 2.75) is 13.0 Å². The number of nitrogen functional groups attached to an aromatic ring is 1. The number of benzene rings is 1. The minimum Gasteiger partial charge on any atom is -0.398 e. The zero-order valence-corrected chi connectivity index (χ0v) is 10.5. The van der Waals surface area contributed by atoms with Crippen molar-refractivity contribution in [3.8, 4) is 0 Å². The monoisotopic (exact) mass is 252 g/mol. The van der Waals surface area contributed by atoms with E-state index in [2.05, 4.69) is 5.32 Å². The predicted octanol–water partition coefficient (Wildman–Crippen LogP) is 1.07. The van der Waals surface area contributed by atoms with Gasteiger partial charge < -0.3 is 16.0 Å². The van der Waals surface area contributed by atoms with Crippen molar-refractivity contribution in [1.29, 1.82) is 0 Å². The highest BCUT2D eigenvalue weighted by molar-refractivity contribution is 5.84. The van der Waals surface area contributed by atoms with Crippen LogP contribution in [0.3, 0.4) is 0 Å². The second kappa shape index (κ2) is 5.35. The molecule has 0 spiro atoms. The molecule has 1 amide bonds. The molecule has 18 heavy (non-hydrogen) atoms. The van der Waals surface area contributed by atoms with Crippen molar-refractivity contribution in [3.05, 3.63) is 28.3 Å². The van der Waals surface area contributed by atoms with E-state index in [1.807, 2.05) is 0 Å². The third-order valence-electron chi connectivity index (χ3n) is 2.35. The van der Waals surface area contributed by atoms with Crippen molar-refractivity contribution in [2.24, 2.45) is 0 Å². The summed E-state index contributed by atoms with van der Waals surface area (Å²) in [7, 11) is 3.28. The Morgan fingerprint density at radius 3 is 2.56 bits per heavy atom. The summed E-state index contributed by atoms with van der Waals surface area (Å²) in [5.74, 6) is -0.125. The summed E-state index contributed by atoms with van der Waals surface area (Å²) < 4.78 is 0. The van der Waals surface area contributed by atoms with Gasteiger partial charge in [-0.1, -0.05) is 0 Å². The van der Waals surface area contributed by atoms with Gasteiger partial charge in [-0.2, -0.15) is 0 Å². The minimum absolute atomic E-state index is 0.109. The van der Waals surface area contributed by atoms with Crippen LogP contribution in [0.5, 0.6) is 0 Å². The largest absolute Gasteiger partial charge is 0.398 e. The van der Waals surface area contributed by atoms with Gasteiger partial charge >= 0.3 is 0 Å². The van der Waals surface area contributed by atoms with Crippen molar-refractivity contribution >= 4 is 23.0 Å². The topological polar surface area (TPSA) is 101 Å². The van der Waals surface area contributed by atoms with Gasteiger partial charge in [-0.3, -0.25) is 14.9 Å². The second-order valence-corrected chi connectivity index (χ2v) is 4.17. The first-order valence-electron chi connectivity index (χ1n) is 5.34. The van der Waals surface area contributed by atoms with Gasteiger partial charge in [-0.05, 0) is 13.0 Å². The zero-order valence-electron chi connectivity index (χ0n) is 10.5. The number of nitro benzene ring substituents is 1. The van der Waals surface area contributed by atoms with Crippen molar-refractivity contribution in [3.63, 3.8) is 0 Å². The van der Waals surface area contributed by atoms with Gasteiger partial charge in [-0.15, -0.1) is 0 Å². The molecule has 0 aliphatic heterocycles. The third kappa shape index (κ3) is 3.34. The Hall–Kier alpha value is -2.31. The van der Waals surface area contributed by atoms with Gasteiger partial charge in [0.1, 0.15) is 6.04 Å². The van der Waals surface area contributed by atoms with Crippen LogP contribution in [0.25, 0.3) is 0 Å². The van der Waals surface area contributed by atoms with Crippen molar-refractivity contribution in [2.75, 3.05) is 25.1 Å². The highest BCUT2D eigenvalue weighted by atomic mass is 16.6. The first-order valence-corrected chi connectivity index (χ1v) is 5.34. The van der Waals surface area contributed by atoms with E-state index in [0.29, 0.717) is 5.69 Å². The molecule has 0 radical (unpaired) electrons. The van der Waals surface area contributed by atoms with E-state index in [1.165, 1.54) is 17.0 Å². The maximum absolute atomic E-state index is 11.6. The summed E-state index contributed by atoms with van der Waals surface area (Å²) in [6.07, 6.45) is 0. The Morgan fingerprint density at radius 2 is 2.06 bits per heavy atom. The van der Waals surface area contributed by atoms with E-state index in [-0.39, 0.29) is 17.3 Å². The first-order chi connectivity index (χ1) is 8.31. The lowest BCUT2D eigenvalue weighted by Crippen LogP contribution is -2.36. The maximum atomic E-state index is 11.6. The van der Waals surface area contributed by atoms with Gasteiger partial charge in [0, 0.05) is 37.6 Å². The molecule has 0 aromatic heterocycles. The van der Waals surface area contributed by atoms with Crippen LogP contribution in [0, 0.1) is 10.1 Å². The molecule has 7 heteroatoms. The molecule has 98 valence electrons. The number of carbonyl (C=O) groups is 1. The molecule has 1 unspecified atom stereocenters. The van der Waals surface area contributed by atoms with Gasteiger partial charge in [-0.25, -0.2) is 0 Å². The van der Waals surface area contributed by atoms with Crippen LogP contribution in [-0.4, -0.2) is 35.9 Å². The maximum Gasteiger partial charge on any atom is 0.273 e. The Morgan fingerprint density at radius 1 is 1.44 bits per heavy atom. The molecule has 0 saturated carbocycles. The number of nitro groups is 1. The van der Waals surface area contributed by atoms with E-state index in [9.17, 15) is 14.9 Å². The number of rotatable bonds is 4. The first kappa shape index (κ1) is 13.8. The molecule has 1 rings (SSSR count). The fraction of sp³-hybridized carbons (Fsp3) is 0.364. The smallest absolute Gasteiger partial charge is 0.273 e. The number of likely N-dealkylation sites (N-methyl/N-ethyl adjacent to an activating group) is 1. The molecular weight excluding hydrogens is 236 g/mol. The number of amides is 1. The van der Waals surface area contributed by atoms with E-state index in [0.717, 1.165) is 0 Å². The number of anilines is 2. The summed E-state index contributed by atoms with van der Waals surface area (Å²) in [6.45, 7) is 1.68. The average Bonchev–Trinajstić information content (AvgIpc) is 2.26. The predicted molar refractivity (Wildman–Crippen MR) is 69.3 cm³/mol. The number of non-ortho nitro benzene ring substituents is 1. The van der Waals surface area contributed by atoms with Crippen LogP contribution < -0.4 is 11.1 Å². The van der Waals surface area contributed by atoms with E-state index in [1.54, 1.807) is 27.1 Å². The fourth-order valence-corrected chi connectivity index (χ4v) is 1.52. The molecule has 0 heterocycles. The van der Waals surface area contributed by atoms with Crippen LogP contribution in [0.15, 0.2) is 18.2 Å². The SMILES string of the molecule is CC(Nc1cc(N)cc([N+](=O)[O-])c1)C(=O)N(C)C. The molecule has 3 N–H and O–H groups in total. The normalized spacial score (nSPS) is 11.7. The number of nitrogens with two attached hydrogens (primary N) is 1. The molecule has 1 aromatic rings. The van der Waals surface area contributed by atoms with Gasteiger partial charge in [0.05, 0.1) is 4.92 Å². The Labute approximate surface area is 105 Å². The summed E-state index contributed by atoms with van der Waals surface area (Å²) in [6, 6.07) is 3.67. The minimum atomic E-state index is -0.528. The summed E-state index contributed by atoms with van der Waals surface area (Å²) in [4.78, 5) is 23.2. The lowest BCUT2D eigenvalue weighted by atomic mass is 10.2. The van der Waals surface area contributed by atoms with Gasteiger partial charge in [0.25, 0.3) is 5.69 Å². The van der Waals surface area contributed by atoms with Crippen LogP contribution in [-0.2, 0) is 4.79 Å². The van der Waals surface area contributed by atoms with Gasteiger partial charge in [0.2, 0.25) is 5.91 Å². The fourth-order valence-electron chi connectivity index (χ4n) is 1.52. The summed E-state index contributed by atoms with van der Waals surface area (Å²) in [5.41, 5.74) is 6.18. The Kier molecular flexibility index (Phi) is 4.09. The number of hydrogen-bond donors (Lipinski definition) is 2. The van der Waals surface area contributed by atoms with Crippen LogP contribution in [0.1, 0.15) is 6.92 Å². The molecule has 7 nitrogen and oxygen atoms in total. The number of hydrogen-bond acceptors (Lipinski definition) is 5. The molecule has 0 bridgehead atoms. The quantitative estimate of drug-likeness (QED) is 0.474. The third-order valence-corrected chi connectivity index (χ3v) is 2.35. The molecule has 0 aliphatic rings. The molecule has 0 aliphatic carbocycles. The van der Waals surface area contributed by atoms with E-state index >= 15 is 0 Å². The van der Waals surface area contributed by atoms with Crippen LogP contribution in [0.2, 0.25) is 0 Å². The Bertz CT molecular complexity index is 473. The molecule has 1 atom stereocenters. The lowest BCUT2D eigenvalue weighted by Gasteiger charge is -2.19. The number of nitrogens with zero attached hydrogens (tertiary/aromatic N) is 2. The van der Waals surface area contributed by atoms with Crippen molar-refractivity contribution < 1.29 is 9.72 Å². The number of carbonyl (C=O) groups excluding carboxylic acids is 1. The lowest BCUT2D eigenvalue weighted by molar-refractivity contribution is -0.384. The summed E-state index contributed by atoms with van der Waals surface area (Å²) in [5, 5.41) is 13.6. The second-order valence-electron chi connectivity index (χ2n) is 4.17. The van der Waals surface area contributed by atoms with Crippen LogP contribution >= 0.6 is 0 Å².